The molecule has 1 saturated carbocycles. The van der Waals surface area contributed by atoms with Crippen molar-refractivity contribution < 1.29 is 23.9 Å². The van der Waals surface area contributed by atoms with Crippen LogP contribution in [-0.2, 0) is 19.1 Å². The van der Waals surface area contributed by atoms with Crippen molar-refractivity contribution in [1.29, 1.82) is 0 Å². The van der Waals surface area contributed by atoms with E-state index in [9.17, 15) is 14.4 Å². The largest absolute Gasteiger partial charge is 0.478 e. The summed E-state index contributed by atoms with van der Waals surface area (Å²) < 4.78 is 11.2. The fourth-order valence-corrected chi connectivity index (χ4v) is 4.81. The molecule has 1 aromatic carbocycles. The first-order chi connectivity index (χ1) is 13.9. The molecule has 1 heterocycles. The van der Waals surface area contributed by atoms with Crippen LogP contribution in [0, 0.1) is 23.7 Å². The maximum atomic E-state index is 12.7. The first-order valence-corrected chi connectivity index (χ1v) is 10.4. The van der Waals surface area contributed by atoms with E-state index in [-0.39, 0.29) is 42.1 Å². The average molecular weight is 461 g/mol. The molecule has 29 heavy (non-hydrogen) atoms. The highest BCUT2D eigenvalue weighted by Crippen LogP contribution is 2.52. The lowest BCUT2D eigenvalue weighted by molar-refractivity contribution is -0.150. The average Bonchev–Trinajstić information content (AvgIpc) is 3.37. The summed E-state index contributed by atoms with van der Waals surface area (Å²) >= 11 is 3.41. The van der Waals surface area contributed by atoms with Crippen molar-refractivity contribution in [3.63, 3.8) is 0 Å². The summed E-state index contributed by atoms with van der Waals surface area (Å²) in [5, 5.41) is 5.18. The fourth-order valence-electron chi connectivity index (χ4n) is 4.32. The molecule has 2 bridgehead atoms. The summed E-state index contributed by atoms with van der Waals surface area (Å²) in [5.74, 6) is -0.589. The van der Waals surface area contributed by atoms with Crippen LogP contribution in [0.15, 0.2) is 39.9 Å². The van der Waals surface area contributed by atoms with Gasteiger partial charge in [-0.25, -0.2) is 4.79 Å². The number of imide groups is 1. The van der Waals surface area contributed by atoms with E-state index in [4.69, 9.17) is 9.47 Å². The minimum Gasteiger partial charge on any atom is -0.478 e. The van der Waals surface area contributed by atoms with Gasteiger partial charge in [-0.2, -0.15) is 10.1 Å². The topological polar surface area (TPSA) is 85.3 Å². The number of hydrazone groups is 1. The first-order valence-electron chi connectivity index (χ1n) is 9.63. The Labute approximate surface area is 176 Å². The number of amides is 2. The van der Waals surface area contributed by atoms with Gasteiger partial charge in [0.25, 0.3) is 11.8 Å². The molecule has 2 fully saturated rings. The molecule has 5 atom stereocenters. The molecule has 3 aliphatic rings. The summed E-state index contributed by atoms with van der Waals surface area (Å²) in [4.78, 5) is 37.0. The number of allylic oxidation sites excluding steroid dienone is 2. The van der Waals surface area contributed by atoms with Crippen LogP contribution < -0.4 is 4.74 Å². The van der Waals surface area contributed by atoms with Gasteiger partial charge in [0, 0.05) is 0 Å². The highest BCUT2D eigenvalue weighted by atomic mass is 79.9. The normalized spacial score (nSPS) is 28.3. The fraction of sp³-hybridized carbons (Fsp3) is 0.429. The summed E-state index contributed by atoms with van der Waals surface area (Å²) in [6.07, 6.45) is 5.74. The Kier molecular flexibility index (Phi) is 5.29. The van der Waals surface area contributed by atoms with E-state index in [0.29, 0.717) is 15.8 Å². The van der Waals surface area contributed by atoms with Gasteiger partial charge in [-0.3, -0.25) is 9.59 Å². The molecule has 7 nitrogen and oxygen atoms in total. The predicted molar refractivity (Wildman–Crippen MR) is 108 cm³/mol. The molecule has 4 rings (SSSR count). The van der Waals surface area contributed by atoms with Gasteiger partial charge in [0.2, 0.25) is 0 Å². The molecule has 0 N–H and O–H groups in total. The van der Waals surface area contributed by atoms with E-state index in [1.165, 1.54) is 6.21 Å². The highest BCUT2D eigenvalue weighted by molar-refractivity contribution is 9.10. The molecular weight excluding hydrogens is 440 g/mol. The monoisotopic (exact) mass is 460 g/mol. The zero-order valence-corrected chi connectivity index (χ0v) is 17.7. The Balaban J connectivity index is 1.44. The van der Waals surface area contributed by atoms with Crippen molar-refractivity contribution in [2.24, 2.45) is 28.8 Å². The Morgan fingerprint density at radius 1 is 1.28 bits per heavy atom. The smallest absolute Gasteiger partial charge is 0.347 e. The molecule has 2 amide bonds. The van der Waals surface area contributed by atoms with Gasteiger partial charge in [0.1, 0.15) is 5.75 Å². The van der Waals surface area contributed by atoms with Crippen LogP contribution in [0.1, 0.15) is 25.8 Å². The van der Waals surface area contributed by atoms with Crippen LogP contribution in [0.5, 0.6) is 5.75 Å². The standard InChI is InChI=1S/C21H21BrN2O5/c1-3-28-21(27)11(2)29-16-7-4-12(8-15(16)22)10-23-24-19(25)17-13-5-6-14(9-13)18(17)20(24)26/h4-8,10-11,13-14,17-18H,3,9H2,1-2H3. The third-order valence-electron chi connectivity index (χ3n) is 5.65. The molecule has 2 aliphatic carbocycles. The second-order valence-electron chi connectivity index (χ2n) is 7.43. The van der Waals surface area contributed by atoms with Crippen molar-refractivity contribution in [3.05, 3.63) is 40.4 Å². The van der Waals surface area contributed by atoms with E-state index >= 15 is 0 Å². The van der Waals surface area contributed by atoms with Crippen molar-refractivity contribution in [2.45, 2.75) is 26.4 Å². The maximum Gasteiger partial charge on any atom is 0.347 e. The van der Waals surface area contributed by atoms with Gasteiger partial charge in [0.05, 0.1) is 29.1 Å². The quantitative estimate of drug-likeness (QED) is 0.282. The van der Waals surface area contributed by atoms with E-state index < -0.39 is 12.1 Å². The number of fused-ring (bicyclic) bond motifs is 5. The minimum absolute atomic E-state index is 0.161. The van der Waals surface area contributed by atoms with E-state index in [1.54, 1.807) is 32.0 Å². The molecule has 152 valence electrons. The van der Waals surface area contributed by atoms with Crippen molar-refractivity contribution in [1.82, 2.24) is 5.01 Å². The Hall–Kier alpha value is -2.48. The molecule has 0 spiro atoms. The van der Waals surface area contributed by atoms with Crippen LogP contribution in [0.2, 0.25) is 0 Å². The van der Waals surface area contributed by atoms with Gasteiger partial charge >= 0.3 is 5.97 Å². The van der Waals surface area contributed by atoms with Gasteiger partial charge < -0.3 is 9.47 Å². The van der Waals surface area contributed by atoms with Crippen LogP contribution in [0.4, 0.5) is 0 Å². The summed E-state index contributed by atoms with van der Waals surface area (Å²) in [5.41, 5.74) is 0.687. The number of carbonyl (C=O) groups is 3. The zero-order chi connectivity index (χ0) is 20.7. The lowest BCUT2D eigenvalue weighted by atomic mass is 9.85. The summed E-state index contributed by atoms with van der Waals surface area (Å²) in [6.45, 7) is 3.64. The van der Waals surface area contributed by atoms with Gasteiger partial charge in [0.15, 0.2) is 6.10 Å². The van der Waals surface area contributed by atoms with Crippen LogP contribution in [0.3, 0.4) is 0 Å². The molecule has 0 aromatic heterocycles. The van der Waals surface area contributed by atoms with Crippen LogP contribution in [0.25, 0.3) is 0 Å². The number of nitrogens with zero attached hydrogens (tertiary/aromatic N) is 2. The molecule has 5 unspecified atom stereocenters. The molecule has 0 radical (unpaired) electrons. The third kappa shape index (κ3) is 3.50. The van der Waals surface area contributed by atoms with Gasteiger partial charge in [-0.05, 0) is 71.8 Å². The second-order valence-corrected chi connectivity index (χ2v) is 8.29. The maximum absolute atomic E-state index is 12.7. The van der Waals surface area contributed by atoms with Crippen molar-refractivity contribution in [3.8, 4) is 5.75 Å². The zero-order valence-electron chi connectivity index (χ0n) is 16.1. The van der Waals surface area contributed by atoms with Gasteiger partial charge in [-0.15, -0.1) is 0 Å². The minimum atomic E-state index is -0.742. The molecule has 1 aromatic rings. The predicted octanol–water partition coefficient (Wildman–Crippen LogP) is 2.92. The lowest BCUT2D eigenvalue weighted by Crippen LogP contribution is -2.28. The number of carbonyl (C=O) groups excluding carboxylic acids is 3. The summed E-state index contributed by atoms with van der Waals surface area (Å²) in [7, 11) is 0. The molecule has 1 saturated heterocycles. The van der Waals surface area contributed by atoms with E-state index in [0.717, 1.165) is 11.4 Å². The SMILES string of the molecule is CCOC(=O)C(C)Oc1ccc(C=NN2C(=O)C3C4C=CC(C4)C3C2=O)cc1Br. The number of halogens is 1. The third-order valence-corrected chi connectivity index (χ3v) is 6.27. The number of benzene rings is 1. The summed E-state index contributed by atoms with van der Waals surface area (Å²) in [6, 6.07) is 5.17. The number of hydrogen-bond donors (Lipinski definition) is 0. The van der Waals surface area contributed by atoms with Crippen LogP contribution >= 0.6 is 15.9 Å². The van der Waals surface area contributed by atoms with Crippen molar-refractivity contribution >= 4 is 39.9 Å². The molecule has 8 heteroatoms. The van der Waals surface area contributed by atoms with E-state index in [1.807, 2.05) is 0 Å². The first kappa shape index (κ1) is 19.8. The Morgan fingerprint density at radius 3 is 2.52 bits per heavy atom. The number of esters is 1. The molecular formula is C21H21BrN2O5. The Bertz CT molecular complexity index is 898. The number of rotatable bonds is 6. The van der Waals surface area contributed by atoms with Gasteiger partial charge in [-0.1, -0.05) is 12.2 Å². The second kappa shape index (κ2) is 7.74. The number of hydrogen-bond acceptors (Lipinski definition) is 6. The molecule has 1 aliphatic heterocycles. The van der Waals surface area contributed by atoms with E-state index in [2.05, 4.69) is 33.2 Å². The highest BCUT2D eigenvalue weighted by Gasteiger charge is 2.59. The van der Waals surface area contributed by atoms with Crippen molar-refractivity contribution in [2.75, 3.05) is 6.61 Å². The van der Waals surface area contributed by atoms with Crippen LogP contribution in [-0.4, -0.2) is 41.7 Å². The lowest BCUT2D eigenvalue weighted by Gasteiger charge is -2.15. The Morgan fingerprint density at radius 2 is 1.93 bits per heavy atom. The number of ether oxygens (including phenoxy) is 2.